The Balaban J connectivity index is 2.39. The minimum atomic E-state index is -4.21. The maximum absolute atomic E-state index is 12.9. The zero-order valence-corrected chi connectivity index (χ0v) is 11.5. The van der Waals surface area contributed by atoms with Gasteiger partial charge in [-0.3, -0.25) is 0 Å². The highest BCUT2D eigenvalue weighted by Gasteiger charge is 2.46. The van der Waals surface area contributed by atoms with Gasteiger partial charge in [0.2, 0.25) is 0 Å². The first-order valence-electron chi connectivity index (χ1n) is 6.17. The molecule has 0 aliphatic rings. The van der Waals surface area contributed by atoms with E-state index in [1.165, 1.54) is 13.8 Å². The van der Waals surface area contributed by atoms with Crippen LogP contribution in [0, 0.1) is 19.3 Å². The summed E-state index contributed by atoms with van der Waals surface area (Å²) < 4.78 is 44.2. The highest BCUT2D eigenvalue weighted by Crippen LogP contribution is 2.40. The Hall–Kier alpha value is -1.45. The van der Waals surface area contributed by atoms with Crippen LogP contribution in [0.4, 0.5) is 13.2 Å². The van der Waals surface area contributed by atoms with Crippen LogP contribution in [-0.2, 0) is 6.42 Å². The minimum absolute atomic E-state index is 0.0316. The molecular formula is C15H17F3O. The molecule has 0 unspecified atom stereocenters. The lowest BCUT2D eigenvalue weighted by molar-refractivity contribution is -0.211. The molecule has 1 aromatic carbocycles. The quantitative estimate of drug-likeness (QED) is 0.732. The second-order valence-electron chi connectivity index (χ2n) is 5.67. The molecule has 1 nitrogen and oxygen atoms in total. The summed E-state index contributed by atoms with van der Waals surface area (Å²) >= 11 is 0. The molecule has 2 aromatic rings. The van der Waals surface area contributed by atoms with E-state index in [2.05, 4.69) is 0 Å². The van der Waals surface area contributed by atoms with Crippen molar-refractivity contribution in [1.29, 1.82) is 0 Å². The molecular weight excluding hydrogens is 253 g/mol. The van der Waals surface area contributed by atoms with Gasteiger partial charge in [0.25, 0.3) is 0 Å². The number of furan rings is 1. The van der Waals surface area contributed by atoms with Crippen LogP contribution in [0.3, 0.4) is 0 Å². The standard InChI is InChI=1S/C15H17F3O/c1-9-10(2)19-13-6-5-11(7-12(9)13)8-14(3,4)15(16,17)18/h5-7H,8H2,1-4H3. The van der Waals surface area contributed by atoms with Crippen molar-refractivity contribution in [2.75, 3.05) is 0 Å². The van der Waals surface area contributed by atoms with Gasteiger partial charge < -0.3 is 4.42 Å². The molecule has 0 spiro atoms. The third kappa shape index (κ3) is 2.48. The molecule has 0 radical (unpaired) electrons. The summed E-state index contributed by atoms with van der Waals surface area (Å²) in [5, 5.41) is 0.896. The van der Waals surface area contributed by atoms with Gasteiger partial charge in [0, 0.05) is 5.39 Å². The fraction of sp³-hybridized carbons (Fsp3) is 0.467. The second-order valence-corrected chi connectivity index (χ2v) is 5.67. The SMILES string of the molecule is Cc1oc2ccc(CC(C)(C)C(F)(F)F)cc2c1C. The van der Waals surface area contributed by atoms with Crippen LogP contribution in [0.25, 0.3) is 11.0 Å². The van der Waals surface area contributed by atoms with E-state index in [0.29, 0.717) is 5.56 Å². The van der Waals surface area contributed by atoms with E-state index in [1.54, 1.807) is 18.2 Å². The maximum atomic E-state index is 12.9. The number of benzene rings is 1. The van der Waals surface area contributed by atoms with Gasteiger partial charge in [0.15, 0.2) is 0 Å². The van der Waals surface area contributed by atoms with Crippen molar-refractivity contribution in [3.8, 4) is 0 Å². The van der Waals surface area contributed by atoms with Gasteiger partial charge in [0.05, 0.1) is 5.41 Å². The van der Waals surface area contributed by atoms with Crippen molar-refractivity contribution in [1.82, 2.24) is 0 Å². The molecule has 0 saturated carbocycles. The monoisotopic (exact) mass is 270 g/mol. The van der Waals surface area contributed by atoms with Gasteiger partial charge in [-0.05, 0) is 43.5 Å². The third-order valence-corrected chi connectivity index (χ3v) is 3.65. The fourth-order valence-electron chi connectivity index (χ4n) is 2.11. The Kier molecular flexibility index (Phi) is 3.15. The maximum Gasteiger partial charge on any atom is 0.394 e. The lowest BCUT2D eigenvalue weighted by Gasteiger charge is -2.27. The van der Waals surface area contributed by atoms with Crippen LogP contribution in [-0.4, -0.2) is 6.18 Å². The largest absolute Gasteiger partial charge is 0.461 e. The first-order chi connectivity index (χ1) is 8.62. The van der Waals surface area contributed by atoms with Crippen LogP contribution >= 0.6 is 0 Å². The number of hydrogen-bond acceptors (Lipinski definition) is 1. The average Bonchev–Trinajstić information content (AvgIpc) is 2.54. The van der Waals surface area contributed by atoms with Crippen molar-refractivity contribution >= 4 is 11.0 Å². The highest BCUT2D eigenvalue weighted by atomic mass is 19.4. The van der Waals surface area contributed by atoms with Gasteiger partial charge in [-0.1, -0.05) is 19.9 Å². The Morgan fingerprint density at radius 3 is 2.32 bits per heavy atom. The summed E-state index contributed by atoms with van der Waals surface area (Å²) in [6, 6.07) is 5.25. The predicted octanol–water partition coefficient (Wildman–Crippen LogP) is 5.18. The van der Waals surface area contributed by atoms with Gasteiger partial charge in [-0.25, -0.2) is 0 Å². The first kappa shape index (κ1) is 14.0. The number of hydrogen-bond donors (Lipinski definition) is 0. The van der Waals surface area contributed by atoms with Crippen LogP contribution in [0.15, 0.2) is 22.6 Å². The van der Waals surface area contributed by atoms with Crippen molar-refractivity contribution in [2.24, 2.45) is 5.41 Å². The Morgan fingerprint density at radius 2 is 1.74 bits per heavy atom. The van der Waals surface area contributed by atoms with Crippen molar-refractivity contribution in [3.63, 3.8) is 0 Å². The van der Waals surface area contributed by atoms with E-state index < -0.39 is 11.6 Å². The first-order valence-corrected chi connectivity index (χ1v) is 6.17. The lowest BCUT2D eigenvalue weighted by Crippen LogP contribution is -2.34. The predicted molar refractivity (Wildman–Crippen MR) is 69.2 cm³/mol. The topological polar surface area (TPSA) is 13.1 Å². The summed E-state index contributed by atoms with van der Waals surface area (Å²) in [6.07, 6.45) is -4.24. The number of alkyl halides is 3. The normalized spacial score (nSPS) is 13.2. The Labute approximate surface area is 110 Å². The molecule has 0 fully saturated rings. The fourth-order valence-corrected chi connectivity index (χ4v) is 2.11. The van der Waals surface area contributed by atoms with Gasteiger partial charge >= 0.3 is 6.18 Å². The molecule has 104 valence electrons. The van der Waals surface area contributed by atoms with E-state index in [1.807, 2.05) is 13.8 Å². The van der Waals surface area contributed by atoms with E-state index in [-0.39, 0.29) is 6.42 Å². The molecule has 0 amide bonds. The molecule has 4 heteroatoms. The van der Waals surface area contributed by atoms with Gasteiger partial charge in [-0.2, -0.15) is 13.2 Å². The molecule has 19 heavy (non-hydrogen) atoms. The smallest absolute Gasteiger partial charge is 0.394 e. The summed E-state index contributed by atoms with van der Waals surface area (Å²) in [5.74, 6) is 0.808. The van der Waals surface area contributed by atoms with E-state index in [4.69, 9.17) is 4.42 Å². The molecule has 0 N–H and O–H groups in total. The molecule has 1 heterocycles. The van der Waals surface area contributed by atoms with Gasteiger partial charge in [-0.15, -0.1) is 0 Å². The molecule has 0 aliphatic heterocycles. The number of rotatable bonds is 2. The number of fused-ring (bicyclic) bond motifs is 1. The Bertz CT molecular complexity index is 606. The molecule has 1 aromatic heterocycles. The van der Waals surface area contributed by atoms with E-state index in [9.17, 15) is 13.2 Å². The average molecular weight is 270 g/mol. The molecule has 2 rings (SSSR count). The molecule has 0 aliphatic carbocycles. The summed E-state index contributed by atoms with van der Waals surface area (Å²) in [7, 11) is 0. The summed E-state index contributed by atoms with van der Waals surface area (Å²) in [6.45, 7) is 6.23. The van der Waals surface area contributed by atoms with Crippen LogP contribution < -0.4 is 0 Å². The van der Waals surface area contributed by atoms with Crippen LogP contribution in [0.2, 0.25) is 0 Å². The zero-order chi connectivity index (χ0) is 14.4. The number of aryl methyl sites for hydroxylation is 2. The van der Waals surface area contributed by atoms with Crippen molar-refractivity contribution in [3.05, 3.63) is 35.1 Å². The molecule has 0 bridgehead atoms. The van der Waals surface area contributed by atoms with Crippen LogP contribution in [0.5, 0.6) is 0 Å². The lowest BCUT2D eigenvalue weighted by atomic mass is 9.85. The summed E-state index contributed by atoms with van der Waals surface area (Å²) in [4.78, 5) is 0. The minimum Gasteiger partial charge on any atom is -0.461 e. The molecule has 0 atom stereocenters. The van der Waals surface area contributed by atoms with Crippen molar-refractivity contribution in [2.45, 2.75) is 40.3 Å². The Morgan fingerprint density at radius 1 is 1.11 bits per heavy atom. The van der Waals surface area contributed by atoms with Crippen LogP contribution in [0.1, 0.15) is 30.7 Å². The third-order valence-electron chi connectivity index (χ3n) is 3.65. The van der Waals surface area contributed by atoms with E-state index in [0.717, 1.165) is 22.3 Å². The van der Waals surface area contributed by atoms with E-state index >= 15 is 0 Å². The van der Waals surface area contributed by atoms with Gasteiger partial charge in [0.1, 0.15) is 11.3 Å². The molecule has 0 saturated heterocycles. The summed E-state index contributed by atoms with van der Waals surface area (Å²) in [5.41, 5.74) is 0.664. The second kappa shape index (κ2) is 4.29. The zero-order valence-electron chi connectivity index (χ0n) is 11.5. The highest BCUT2D eigenvalue weighted by molar-refractivity contribution is 5.82. The van der Waals surface area contributed by atoms with Crippen molar-refractivity contribution < 1.29 is 17.6 Å². The number of halogens is 3.